The van der Waals surface area contributed by atoms with Gasteiger partial charge in [0.15, 0.2) is 0 Å². The van der Waals surface area contributed by atoms with Gasteiger partial charge in [-0.05, 0) is 13.3 Å². The molecule has 0 aliphatic carbocycles. The van der Waals surface area contributed by atoms with Crippen molar-refractivity contribution in [2.45, 2.75) is 46.0 Å². The fourth-order valence-electron chi connectivity index (χ4n) is 1.12. The topological polar surface area (TPSA) is 17.1 Å². The van der Waals surface area contributed by atoms with Crippen molar-refractivity contribution in [2.75, 3.05) is 0 Å². The molecule has 0 saturated carbocycles. The summed E-state index contributed by atoms with van der Waals surface area (Å²) in [5.74, 6) is -1.42. The fourth-order valence-corrected chi connectivity index (χ4v) is 1.12. The first-order chi connectivity index (χ1) is 5.59. The van der Waals surface area contributed by atoms with Crippen molar-refractivity contribution >= 4 is 5.78 Å². The van der Waals surface area contributed by atoms with Crippen LogP contribution in [0.2, 0.25) is 0 Å². The predicted molar refractivity (Wildman–Crippen MR) is 44.3 cm³/mol. The predicted octanol–water partition coefficient (Wildman–Crippen LogP) is 3.04. The number of hydrogen-bond donors (Lipinski definition) is 0. The van der Waals surface area contributed by atoms with Crippen LogP contribution in [-0.2, 0) is 4.79 Å². The third-order valence-electron chi connectivity index (χ3n) is 1.95. The van der Waals surface area contributed by atoms with Crippen molar-refractivity contribution in [3.8, 4) is 0 Å². The van der Waals surface area contributed by atoms with Gasteiger partial charge in [0.05, 0.1) is 5.92 Å². The van der Waals surface area contributed by atoms with Crippen LogP contribution in [0.3, 0.4) is 0 Å². The number of carbonyl (C=O) groups excluding carboxylic acids is 1. The van der Waals surface area contributed by atoms with Crippen LogP contribution < -0.4 is 0 Å². The highest BCUT2D eigenvalue weighted by Crippen LogP contribution is 2.18. The monoisotopic (exact) mass is 178 g/mol. The zero-order valence-electron chi connectivity index (χ0n) is 7.65. The van der Waals surface area contributed by atoms with Gasteiger partial charge < -0.3 is 0 Å². The lowest BCUT2D eigenvalue weighted by atomic mass is 9.98. The minimum Gasteiger partial charge on any atom is -0.299 e. The van der Waals surface area contributed by atoms with E-state index in [1.54, 1.807) is 0 Å². The summed E-state index contributed by atoms with van der Waals surface area (Å²) in [5.41, 5.74) is 0. The molecule has 0 spiro atoms. The Bertz CT molecular complexity index is 134. The van der Waals surface area contributed by atoms with Gasteiger partial charge in [0.1, 0.15) is 5.78 Å². The second-order valence-electron chi connectivity index (χ2n) is 3.05. The Morgan fingerprint density at radius 2 is 1.92 bits per heavy atom. The number of Topliss-reactive ketones (excluding diaryl/α,β-unsaturated/α-hetero) is 1. The van der Waals surface area contributed by atoms with Crippen molar-refractivity contribution in [2.24, 2.45) is 5.92 Å². The van der Waals surface area contributed by atoms with Crippen LogP contribution in [0.25, 0.3) is 0 Å². The van der Waals surface area contributed by atoms with Crippen LogP contribution in [0.15, 0.2) is 0 Å². The molecule has 0 amide bonds. The van der Waals surface area contributed by atoms with Crippen LogP contribution in [0.4, 0.5) is 8.78 Å². The maximum absolute atomic E-state index is 12.2. The number of halogens is 2. The van der Waals surface area contributed by atoms with E-state index in [9.17, 15) is 13.6 Å². The highest BCUT2D eigenvalue weighted by atomic mass is 19.3. The first kappa shape index (κ1) is 11.5. The van der Waals surface area contributed by atoms with Crippen molar-refractivity contribution in [3.63, 3.8) is 0 Å². The standard InChI is InChI=1S/C9H16F2O/c1-3-4-5-6-8(7(2)12)9(10)11/h8-9H,3-6H2,1-2H3. The molecule has 0 aromatic rings. The Labute approximate surface area is 72.2 Å². The average molecular weight is 178 g/mol. The molecule has 0 saturated heterocycles. The smallest absolute Gasteiger partial charge is 0.248 e. The summed E-state index contributed by atoms with van der Waals surface area (Å²) >= 11 is 0. The molecular formula is C9H16F2O. The maximum Gasteiger partial charge on any atom is 0.248 e. The summed E-state index contributed by atoms with van der Waals surface area (Å²) in [6.07, 6.45) is 0.496. The zero-order chi connectivity index (χ0) is 9.56. The second-order valence-corrected chi connectivity index (χ2v) is 3.05. The van der Waals surface area contributed by atoms with Crippen LogP contribution >= 0.6 is 0 Å². The summed E-state index contributed by atoms with van der Waals surface area (Å²) < 4.78 is 24.3. The van der Waals surface area contributed by atoms with E-state index >= 15 is 0 Å². The molecule has 3 heteroatoms. The van der Waals surface area contributed by atoms with Crippen molar-refractivity contribution in [3.05, 3.63) is 0 Å². The lowest BCUT2D eigenvalue weighted by Gasteiger charge is -2.11. The van der Waals surface area contributed by atoms with Gasteiger partial charge >= 0.3 is 0 Å². The Morgan fingerprint density at radius 3 is 2.25 bits per heavy atom. The first-order valence-electron chi connectivity index (χ1n) is 4.38. The molecule has 0 aliphatic heterocycles. The van der Waals surface area contributed by atoms with E-state index in [1.807, 2.05) is 6.92 Å². The number of carbonyl (C=O) groups is 1. The number of hydrogen-bond acceptors (Lipinski definition) is 1. The largest absolute Gasteiger partial charge is 0.299 e. The van der Waals surface area contributed by atoms with Crippen LogP contribution in [0.5, 0.6) is 0 Å². The summed E-state index contributed by atoms with van der Waals surface area (Å²) in [5, 5.41) is 0. The summed E-state index contributed by atoms with van der Waals surface area (Å²) in [4.78, 5) is 10.7. The molecule has 0 radical (unpaired) electrons. The van der Waals surface area contributed by atoms with Crippen molar-refractivity contribution in [1.82, 2.24) is 0 Å². The second kappa shape index (κ2) is 6.09. The molecule has 12 heavy (non-hydrogen) atoms. The summed E-state index contributed by atoms with van der Waals surface area (Å²) in [6, 6.07) is 0. The molecular weight excluding hydrogens is 162 g/mol. The SMILES string of the molecule is CCCCCC(C(C)=O)C(F)F. The molecule has 0 fully saturated rings. The fraction of sp³-hybridized carbons (Fsp3) is 0.889. The van der Waals surface area contributed by atoms with Gasteiger partial charge in [0, 0.05) is 0 Å². The molecule has 0 heterocycles. The maximum atomic E-state index is 12.2. The average Bonchev–Trinajstić information content (AvgIpc) is 1.96. The number of alkyl halides is 2. The molecule has 1 atom stereocenters. The van der Waals surface area contributed by atoms with Crippen LogP contribution in [0.1, 0.15) is 39.5 Å². The van der Waals surface area contributed by atoms with E-state index in [4.69, 9.17) is 0 Å². The van der Waals surface area contributed by atoms with Crippen molar-refractivity contribution in [1.29, 1.82) is 0 Å². The Morgan fingerprint density at radius 1 is 1.33 bits per heavy atom. The van der Waals surface area contributed by atoms with Gasteiger partial charge in [-0.25, -0.2) is 8.78 Å². The van der Waals surface area contributed by atoms with Crippen LogP contribution in [-0.4, -0.2) is 12.2 Å². The van der Waals surface area contributed by atoms with E-state index in [2.05, 4.69) is 0 Å². The first-order valence-corrected chi connectivity index (χ1v) is 4.38. The Kier molecular flexibility index (Phi) is 5.85. The minimum absolute atomic E-state index is 0.334. The van der Waals surface area contributed by atoms with Gasteiger partial charge in [0.25, 0.3) is 0 Å². The lowest BCUT2D eigenvalue weighted by molar-refractivity contribution is -0.125. The Hall–Kier alpha value is -0.470. The quantitative estimate of drug-likeness (QED) is 0.571. The third kappa shape index (κ3) is 4.42. The van der Waals surface area contributed by atoms with E-state index in [1.165, 1.54) is 6.92 Å². The van der Waals surface area contributed by atoms with Gasteiger partial charge in [-0.2, -0.15) is 0 Å². The zero-order valence-corrected chi connectivity index (χ0v) is 7.65. The number of ketones is 1. The molecule has 0 bridgehead atoms. The molecule has 0 aliphatic rings. The van der Waals surface area contributed by atoms with E-state index in [-0.39, 0.29) is 5.78 Å². The van der Waals surface area contributed by atoms with E-state index in [0.29, 0.717) is 6.42 Å². The minimum atomic E-state index is -2.49. The summed E-state index contributed by atoms with van der Waals surface area (Å²) in [7, 11) is 0. The van der Waals surface area contributed by atoms with Gasteiger partial charge in [-0.15, -0.1) is 0 Å². The molecule has 0 aromatic heterocycles. The number of unbranched alkanes of at least 4 members (excludes halogenated alkanes) is 2. The van der Waals surface area contributed by atoms with Gasteiger partial charge in [-0.1, -0.05) is 26.2 Å². The van der Waals surface area contributed by atoms with Gasteiger partial charge in [0.2, 0.25) is 6.43 Å². The van der Waals surface area contributed by atoms with Crippen molar-refractivity contribution < 1.29 is 13.6 Å². The van der Waals surface area contributed by atoms with Crippen LogP contribution in [0, 0.1) is 5.92 Å². The van der Waals surface area contributed by atoms with Gasteiger partial charge in [-0.3, -0.25) is 4.79 Å². The summed E-state index contributed by atoms with van der Waals surface area (Å²) in [6.45, 7) is 3.24. The van der Waals surface area contributed by atoms with E-state index in [0.717, 1.165) is 19.3 Å². The molecule has 72 valence electrons. The lowest BCUT2D eigenvalue weighted by Crippen LogP contribution is -2.19. The third-order valence-corrected chi connectivity index (χ3v) is 1.95. The molecule has 0 aromatic carbocycles. The van der Waals surface area contributed by atoms with E-state index < -0.39 is 12.3 Å². The molecule has 0 rings (SSSR count). The highest BCUT2D eigenvalue weighted by molar-refractivity contribution is 5.78. The molecule has 1 nitrogen and oxygen atoms in total. The molecule has 1 unspecified atom stereocenters. The normalized spacial score (nSPS) is 13.4. The highest BCUT2D eigenvalue weighted by Gasteiger charge is 2.23. The number of rotatable bonds is 6. The Balaban J connectivity index is 3.72. The molecule has 0 N–H and O–H groups in total.